The average Bonchev–Trinajstić information content (AvgIpc) is 3.33. The van der Waals surface area contributed by atoms with Crippen LogP contribution in [0.3, 0.4) is 0 Å². The molecule has 0 unspecified atom stereocenters. The van der Waals surface area contributed by atoms with Gasteiger partial charge in [0.15, 0.2) is 0 Å². The third kappa shape index (κ3) is 4.77. The highest BCUT2D eigenvalue weighted by Gasteiger charge is 2.25. The van der Waals surface area contributed by atoms with Gasteiger partial charge in [0.2, 0.25) is 5.91 Å². The number of ether oxygens (including phenoxy) is 1. The van der Waals surface area contributed by atoms with E-state index in [1.54, 1.807) is 17.0 Å². The van der Waals surface area contributed by atoms with Gasteiger partial charge in [-0.15, -0.1) is 0 Å². The van der Waals surface area contributed by atoms with Gasteiger partial charge in [0.05, 0.1) is 31.8 Å². The summed E-state index contributed by atoms with van der Waals surface area (Å²) in [6, 6.07) is 4.71. The van der Waals surface area contributed by atoms with E-state index in [0.717, 1.165) is 23.7 Å². The Hall–Kier alpha value is -2.50. The van der Waals surface area contributed by atoms with Crippen molar-refractivity contribution in [3.63, 3.8) is 0 Å². The molecule has 0 bridgehead atoms. The van der Waals surface area contributed by atoms with E-state index in [1.807, 2.05) is 6.92 Å². The van der Waals surface area contributed by atoms with Crippen LogP contribution < -0.4 is 15.8 Å². The number of nitrogens with zero attached hydrogens (tertiary/aromatic N) is 1. The standard InChI is InChI=1S/C20H26FN3O2/c1-13(2)23-19-12-24(11-18(19)22)20(25)9-15-5-6-16(10-17(15)21)26-8-7-14-3-4-14/h5-6,10,14,23H,1,3-4,7-9,11-12,22H2,2H3. The van der Waals surface area contributed by atoms with Crippen LogP contribution in [0, 0.1) is 11.7 Å². The van der Waals surface area contributed by atoms with Crippen molar-refractivity contribution in [2.45, 2.75) is 32.6 Å². The average molecular weight is 359 g/mol. The Morgan fingerprint density at radius 3 is 2.85 bits per heavy atom. The van der Waals surface area contributed by atoms with Crippen molar-refractivity contribution in [1.29, 1.82) is 0 Å². The van der Waals surface area contributed by atoms with Crippen molar-refractivity contribution >= 4 is 5.91 Å². The Kier molecular flexibility index (Phi) is 5.49. The summed E-state index contributed by atoms with van der Waals surface area (Å²) in [6.07, 6.45) is 3.57. The predicted octanol–water partition coefficient (Wildman–Crippen LogP) is 2.68. The van der Waals surface area contributed by atoms with Gasteiger partial charge in [0.1, 0.15) is 11.6 Å². The number of allylic oxidation sites excluding steroid dienone is 1. The maximum absolute atomic E-state index is 14.3. The van der Waals surface area contributed by atoms with Gasteiger partial charge in [-0.3, -0.25) is 4.79 Å². The molecule has 1 aliphatic heterocycles. The minimum atomic E-state index is -0.414. The molecule has 2 aliphatic rings. The number of nitrogens with one attached hydrogen (secondary N) is 1. The van der Waals surface area contributed by atoms with Crippen molar-refractivity contribution in [1.82, 2.24) is 10.2 Å². The van der Waals surface area contributed by atoms with Crippen molar-refractivity contribution in [3.05, 3.63) is 53.2 Å². The molecule has 0 aromatic heterocycles. The lowest BCUT2D eigenvalue weighted by Gasteiger charge is -2.17. The maximum Gasteiger partial charge on any atom is 0.227 e. The fourth-order valence-electron chi connectivity index (χ4n) is 2.99. The van der Waals surface area contributed by atoms with Gasteiger partial charge in [0, 0.05) is 17.5 Å². The fourth-order valence-corrected chi connectivity index (χ4v) is 2.99. The minimum absolute atomic E-state index is 0.00180. The highest BCUT2D eigenvalue weighted by atomic mass is 19.1. The van der Waals surface area contributed by atoms with Crippen molar-refractivity contribution in [2.75, 3.05) is 19.7 Å². The molecule has 0 spiro atoms. The molecule has 0 saturated heterocycles. The first-order chi connectivity index (χ1) is 12.4. The molecule has 5 nitrogen and oxygen atoms in total. The molecular formula is C20H26FN3O2. The van der Waals surface area contributed by atoms with Crippen molar-refractivity contribution < 1.29 is 13.9 Å². The summed E-state index contributed by atoms with van der Waals surface area (Å²) in [5.41, 5.74) is 8.49. The van der Waals surface area contributed by atoms with E-state index in [0.29, 0.717) is 36.7 Å². The lowest BCUT2D eigenvalue weighted by atomic mass is 10.1. The zero-order valence-corrected chi connectivity index (χ0v) is 15.2. The third-order valence-corrected chi connectivity index (χ3v) is 4.67. The summed E-state index contributed by atoms with van der Waals surface area (Å²) < 4.78 is 19.9. The normalized spacial score (nSPS) is 16.8. The van der Waals surface area contributed by atoms with Gasteiger partial charge in [-0.2, -0.15) is 0 Å². The summed E-state index contributed by atoms with van der Waals surface area (Å²) in [5, 5.41) is 3.07. The number of nitrogens with two attached hydrogens (primary N) is 1. The van der Waals surface area contributed by atoms with E-state index in [9.17, 15) is 9.18 Å². The van der Waals surface area contributed by atoms with Crippen molar-refractivity contribution in [3.8, 4) is 5.75 Å². The molecule has 0 radical (unpaired) electrons. The van der Waals surface area contributed by atoms with Crippen LogP contribution in [-0.2, 0) is 11.2 Å². The van der Waals surface area contributed by atoms with E-state index < -0.39 is 5.82 Å². The number of rotatable bonds is 8. The molecule has 1 fully saturated rings. The quantitative estimate of drug-likeness (QED) is 0.749. The number of carbonyl (C=O) groups excluding carboxylic acids is 1. The summed E-state index contributed by atoms with van der Waals surface area (Å²) in [4.78, 5) is 14.1. The smallest absolute Gasteiger partial charge is 0.227 e. The molecule has 1 saturated carbocycles. The number of halogens is 1. The van der Waals surface area contributed by atoms with Crippen LogP contribution in [-0.4, -0.2) is 30.5 Å². The first kappa shape index (κ1) is 18.3. The SMILES string of the molecule is C=C(C)NC1=C(N)CN(C(=O)Cc2ccc(OCCC3CC3)cc2F)C1. The topological polar surface area (TPSA) is 67.6 Å². The summed E-state index contributed by atoms with van der Waals surface area (Å²) in [5.74, 6) is 0.720. The van der Waals surface area contributed by atoms with E-state index in [1.165, 1.54) is 18.9 Å². The molecule has 26 heavy (non-hydrogen) atoms. The number of benzene rings is 1. The highest BCUT2D eigenvalue weighted by Crippen LogP contribution is 2.32. The Labute approximate surface area is 153 Å². The second-order valence-corrected chi connectivity index (χ2v) is 7.17. The Bertz CT molecular complexity index is 741. The van der Waals surface area contributed by atoms with Gasteiger partial charge in [-0.1, -0.05) is 25.5 Å². The molecule has 3 N–H and O–H groups in total. The van der Waals surface area contributed by atoms with Gasteiger partial charge >= 0.3 is 0 Å². The van der Waals surface area contributed by atoms with E-state index >= 15 is 0 Å². The van der Waals surface area contributed by atoms with Crippen LogP contribution in [0.4, 0.5) is 4.39 Å². The molecule has 1 amide bonds. The number of amides is 1. The summed E-state index contributed by atoms with van der Waals surface area (Å²) in [7, 11) is 0. The minimum Gasteiger partial charge on any atom is -0.493 e. The third-order valence-electron chi connectivity index (χ3n) is 4.67. The first-order valence-electron chi connectivity index (χ1n) is 9.01. The van der Waals surface area contributed by atoms with Gasteiger partial charge in [-0.25, -0.2) is 4.39 Å². The molecule has 1 aromatic carbocycles. The Balaban J connectivity index is 1.53. The summed E-state index contributed by atoms with van der Waals surface area (Å²) >= 11 is 0. The number of carbonyl (C=O) groups is 1. The lowest BCUT2D eigenvalue weighted by Crippen LogP contribution is -2.32. The van der Waals surface area contributed by atoms with E-state index in [-0.39, 0.29) is 12.3 Å². The molecule has 0 atom stereocenters. The monoisotopic (exact) mass is 359 g/mol. The van der Waals surface area contributed by atoms with Crippen LogP contribution in [0.15, 0.2) is 41.9 Å². The molecule has 3 rings (SSSR count). The molecule has 1 aliphatic carbocycles. The number of hydrogen-bond donors (Lipinski definition) is 2. The van der Waals surface area contributed by atoms with Gasteiger partial charge < -0.3 is 20.7 Å². The van der Waals surface area contributed by atoms with E-state index in [4.69, 9.17) is 10.5 Å². The summed E-state index contributed by atoms with van der Waals surface area (Å²) in [6.45, 7) is 6.95. The van der Waals surface area contributed by atoms with Gasteiger partial charge in [-0.05, 0) is 30.9 Å². The fraction of sp³-hybridized carbons (Fsp3) is 0.450. The van der Waals surface area contributed by atoms with Crippen LogP contribution in [0.2, 0.25) is 0 Å². The molecule has 140 valence electrons. The van der Waals surface area contributed by atoms with Gasteiger partial charge in [0.25, 0.3) is 0 Å². The second kappa shape index (κ2) is 7.81. The van der Waals surface area contributed by atoms with Crippen molar-refractivity contribution in [2.24, 2.45) is 11.7 Å². The molecule has 1 aromatic rings. The Morgan fingerprint density at radius 1 is 1.42 bits per heavy atom. The first-order valence-corrected chi connectivity index (χ1v) is 9.01. The van der Waals surface area contributed by atoms with Crippen LogP contribution >= 0.6 is 0 Å². The molecule has 6 heteroatoms. The second-order valence-electron chi connectivity index (χ2n) is 7.17. The number of hydrogen-bond acceptors (Lipinski definition) is 4. The highest BCUT2D eigenvalue weighted by molar-refractivity contribution is 5.80. The lowest BCUT2D eigenvalue weighted by molar-refractivity contribution is -0.129. The molecule has 1 heterocycles. The maximum atomic E-state index is 14.3. The predicted molar refractivity (Wildman–Crippen MR) is 98.7 cm³/mol. The zero-order chi connectivity index (χ0) is 18.7. The van der Waals surface area contributed by atoms with Crippen LogP contribution in [0.1, 0.15) is 31.7 Å². The van der Waals surface area contributed by atoms with Crippen LogP contribution in [0.5, 0.6) is 5.75 Å². The largest absolute Gasteiger partial charge is 0.493 e. The van der Waals surface area contributed by atoms with Crippen LogP contribution in [0.25, 0.3) is 0 Å². The Morgan fingerprint density at radius 2 is 2.19 bits per heavy atom. The van der Waals surface area contributed by atoms with E-state index in [2.05, 4.69) is 11.9 Å². The molecular weight excluding hydrogens is 333 g/mol. The zero-order valence-electron chi connectivity index (χ0n) is 15.2.